The summed E-state index contributed by atoms with van der Waals surface area (Å²) in [5.41, 5.74) is 3.11. The quantitative estimate of drug-likeness (QED) is 0.544. The van der Waals surface area contributed by atoms with Crippen LogP contribution < -0.4 is 10.9 Å². The molecule has 0 fully saturated rings. The number of aliphatic hydroxyl groups is 2. The van der Waals surface area contributed by atoms with Crippen molar-refractivity contribution in [1.29, 1.82) is 0 Å². The molecule has 1 rings (SSSR count). The summed E-state index contributed by atoms with van der Waals surface area (Å²) in [6.07, 6.45) is 1.33. The van der Waals surface area contributed by atoms with Gasteiger partial charge in [0.15, 0.2) is 0 Å². The molecule has 0 aliphatic rings. The van der Waals surface area contributed by atoms with E-state index in [-0.39, 0.29) is 0 Å². The normalized spacial score (nSPS) is 16.1. The minimum Gasteiger partial charge on any atom is -0.393 e. The van der Waals surface area contributed by atoms with Crippen LogP contribution in [-0.4, -0.2) is 33.1 Å². The number of aromatic nitrogens is 1. The number of rotatable bonds is 3. The van der Waals surface area contributed by atoms with Crippen molar-refractivity contribution in [2.75, 3.05) is 13.7 Å². The molecule has 0 radical (unpaired) electrons. The Morgan fingerprint density at radius 2 is 2.20 bits per heavy atom. The second kappa shape index (κ2) is 6.26. The number of hydrogen-bond donors (Lipinski definition) is 4. The van der Waals surface area contributed by atoms with Crippen molar-refractivity contribution in [3.63, 3.8) is 0 Å². The zero-order valence-electron chi connectivity index (χ0n) is 8.51. The number of nitrogens with two attached hydrogens (primary N) is 2. The summed E-state index contributed by atoms with van der Waals surface area (Å²) in [5, 5.41) is 23.8. The topological polar surface area (TPSA) is 122 Å². The first-order valence-electron chi connectivity index (χ1n) is 4.01. The van der Waals surface area contributed by atoms with Crippen LogP contribution in [0.25, 0.3) is 0 Å². The lowest BCUT2D eigenvalue weighted by atomic mass is 10.1. The molecule has 1 aromatic rings. The van der Waals surface area contributed by atoms with Crippen LogP contribution in [0.4, 0.5) is 0 Å². The van der Waals surface area contributed by atoms with Gasteiger partial charge in [-0.05, 0) is 14.0 Å². The van der Waals surface area contributed by atoms with Crippen LogP contribution in [0.2, 0.25) is 0 Å². The fourth-order valence-corrected chi connectivity index (χ4v) is 2.08. The molecule has 0 aliphatic carbocycles. The van der Waals surface area contributed by atoms with Crippen LogP contribution in [-0.2, 0) is 16.6 Å². The summed E-state index contributed by atoms with van der Waals surface area (Å²) in [6, 6.07) is 0. The minimum atomic E-state index is -1.58. The van der Waals surface area contributed by atoms with Gasteiger partial charge in [-0.1, -0.05) is 0 Å². The van der Waals surface area contributed by atoms with E-state index in [1.807, 2.05) is 0 Å². The van der Waals surface area contributed by atoms with Gasteiger partial charge < -0.3 is 15.9 Å². The van der Waals surface area contributed by atoms with Gasteiger partial charge in [0, 0.05) is 0 Å². The predicted octanol–water partition coefficient (Wildman–Crippen LogP) is -1.10. The number of aliphatic hydroxyl groups excluding tert-OH is 1. The van der Waals surface area contributed by atoms with E-state index >= 15 is 0 Å². The van der Waals surface area contributed by atoms with E-state index < -0.39 is 23.2 Å². The molecule has 0 amide bonds. The van der Waals surface area contributed by atoms with Crippen LogP contribution >= 0.6 is 11.3 Å². The van der Waals surface area contributed by atoms with E-state index in [0.29, 0.717) is 9.22 Å². The maximum Gasteiger partial charge on any atom is 0.136 e. The van der Waals surface area contributed by atoms with Crippen molar-refractivity contribution in [3.05, 3.63) is 11.2 Å². The van der Waals surface area contributed by atoms with Gasteiger partial charge >= 0.3 is 0 Å². The van der Waals surface area contributed by atoms with Gasteiger partial charge in [-0.15, -0.1) is 11.3 Å². The maximum atomic E-state index is 10.8. The summed E-state index contributed by atoms with van der Waals surface area (Å²) >= 11 is 1.03. The van der Waals surface area contributed by atoms with Crippen LogP contribution in [0.5, 0.6) is 0 Å². The number of nitrogens with zero attached hydrogens (tertiary/aromatic N) is 1. The minimum absolute atomic E-state index is 0.309. The highest BCUT2D eigenvalue weighted by atomic mass is 32.2. The van der Waals surface area contributed by atoms with Crippen LogP contribution in [0, 0.1) is 0 Å². The Balaban J connectivity index is 0.000000921. The van der Waals surface area contributed by atoms with Gasteiger partial charge in [0.25, 0.3) is 0 Å². The molecule has 6 N–H and O–H groups in total. The molecule has 0 bridgehead atoms. The summed E-state index contributed by atoms with van der Waals surface area (Å²) < 4.78 is 11.2. The third-order valence-electron chi connectivity index (χ3n) is 1.45. The predicted molar refractivity (Wildman–Crippen MR) is 59.5 cm³/mol. The lowest BCUT2D eigenvalue weighted by Gasteiger charge is -2.16. The van der Waals surface area contributed by atoms with Gasteiger partial charge in [0.2, 0.25) is 0 Å². The molecule has 0 aromatic carbocycles. The first-order valence-corrected chi connectivity index (χ1v) is 6.04. The SMILES string of the molecule is CC(O)(CO)c1ncc(S(N)=O)s1.CN. The second-order valence-corrected chi connectivity index (χ2v) is 5.04. The maximum absolute atomic E-state index is 10.8. The summed E-state index contributed by atoms with van der Waals surface area (Å²) in [7, 11) is -0.0816. The second-order valence-electron chi connectivity index (χ2n) is 2.71. The molecule has 15 heavy (non-hydrogen) atoms. The molecule has 0 aliphatic heterocycles. The highest BCUT2D eigenvalue weighted by Crippen LogP contribution is 2.25. The largest absolute Gasteiger partial charge is 0.393 e. The van der Waals surface area contributed by atoms with E-state index in [4.69, 9.17) is 10.2 Å². The van der Waals surface area contributed by atoms with Crippen molar-refractivity contribution in [1.82, 2.24) is 4.98 Å². The molecule has 6 nitrogen and oxygen atoms in total. The molecule has 1 heterocycles. The zero-order valence-corrected chi connectivity index (χ0v) is 10.1. The molecule has 2 atom stereocenters. The molecule has 88 valence electrons. The van der Waals surface area contributed by atoms with Gasteiger partial charge in [0.05, 0.1) is 12.8 Å². The molecule has 0 saturated carbocycles. The summed E-state index contributed by atoms with van der Waals surface area (Å²) in [6.45, 7) is 0.992. The zero-order chi connectivity index (χ0) is 12.1. The Morgan fingerprint density at radius 1 is 1.67 bits per heavy atom. The Morgan fingerprint density at radius 3 is 2.53 bits per heavy atom. The van der Waals surface area contributed by atoms with Crippen LogP contribution in [0.15, 0.2) is 10.4 Å². The highest BCUT2D eigenvalue weighted by Gasteiger charge is 2.26. The van der Waals surface area contributed by atoms with Gasteiger partial charge in [-0.2, -0.15) is 0 Å². The molecule has 1 aromatic heterocycles. The summed E-state index contributed by atoms with van der Waals surface area (Å²) in [4.78, 5) is 3.82. The lowest BCUT2D eigenvalue weighted by molar-refractivity contribution is -0.00244. The first-order chi connectivity index (χ1) is 6.97. The van der Waals surface area contributed by atoms with Gasteiger partial charge in [-0.3, -0.25) is 0 Å². The Kier molecular flexibility index (Phi) is 6.10. The van der Waals surface area contributed by atoms with Gasteiger partial charge in [-0.25, -0.2) is 14.3 Å². The van der Waals surface area contributed by atoms with Crippen molar-refractivity contribution in [3.8, 4) is 0 Å². The van der Waals surface area contributed by atoms with Crippen LogP contribution in [0.3, 0.4) is 0 Å². The van der Waals surface area contributed by atoms with E-state index in [1.54, 1.807) is 0 Å². The molecule has 0 spiro atoms. The number of thiazole rings is 1. The average Bonchev–Trinajstić information content (AvgIpc) is 2.70. The Hall–Kier alpha value is -0.380. The Labute approximate surface area is 94.5 Å². The van der Waals surface area contributed by atoms with Crippen LogP contribution in [0.1, 0.15) is 11.9 Å². The van der Waals surface area contributed by atoms with Crippen molar-refractivity contribution in [2.24, 2.45) is 10.9 Å². The van der Waals surface area contributed by atoms with Gasteiger partial charge in [0.1, 0.15) is 25.8 Å². The fraction of sp³-hybridized carbons (Fsp3) is 0.571. The molecular weight excluding hydrogens is 238 g/mol. The third-order valence-corrected chi connectivity index (χ3v) is 3.74. The van der Waals surface area contributed by atoms with E-state index in [1.165, 1.54) is 20.2 Å². The summed E-state index contributed by atoms with van der Waals surface area (Å²) in [5.74, 6) is 0. The molecular formula is C7H15N3O3S2. The molecule has 2 unspecified atom stereocenters. The van der Waals surface area contributed by atoms with E-state index in [9.17, 15) is 9.32 Å². The standard InChI is InChI=1S/C6H10N2O3S2.CH5N/c1-6(10,3-9)5-8-2-4(12-5)13(7)11;1-2/h2,9-10H,3,7H2,1H3;2H2,1H3. The number of hydrogen-bond acceptors (Lipinski definition) is 6. The van der Waals surface area contributed by atoms with Crippen molar-refractivity contribution < 1.29 is 14.4 Å². The molecule has 8 heteroatoms. The monoisotopic (exact) mass is 253 g/mol. The lowest BCUT2D eigenvalue weighted by Crippen LogP contribution is -2.25. The smallest absolute Gasteiger partial charge is 0.136 e. The average molecular weight is 253 g/mol. The van der Waals surface area contributed by atoms with E-state index in [0.717, 1.165) is 11.3 Å². The Bertz CT molecular complexity index is 327. The van der Waals surface area contributed by atoms with Crippen molar-refractivity contribution in [2.45, 2.75) is 16.7 Å². The van der Waals surface area contributed by atoms with E-state index in [2.05, 4.69) is 10.7 Å². The third kappa shape index (κ3) is 3.93. The van der Waals surface area contributed by atoms with Crippen molar-refractivity contribution >= 4 is 22.3 Å². The fourth-order valence-electron chi connectivity index (χ4n) is 0.669. The first kappa shape index (κ1) is 14.6. The highest BCUT2D eigenvalue weighted by molar-refractivity contribution is 7.85. The molecule has 0 saturated heterocycles.